The van der Waals surface area contributed by atoms with Crippen LogP contribution < -0.4 is 5.43 Å². The minimum absolute atomic E-state index is 0.0831. The summed E-state index contributed by atoms with van der Waals surface area (Å²) in [5.41, 5.74) is 3.26. The van der Waals surface area contributed by atoms with E-state index in [-0.39, 0.29) is 17.1 Å². The topological polar surface area (TPSA) is 61.7 Å². The third kappa shape index (κ3) is 2.91. The van der Waals surface area contributed by atoms with Crippen molar-refractivity contribution in [2.45, 2.75) is 44.9 Å². The summed E-state index contributed by atoms with van der Waals surface area (Å²) >= 11 is 0. The number of hydrogen-bond donors (Lipinski definition) is 2. The molecule has 4 fully saturated rings. The van der Waals surface area contributed by atoms with Gasteiger partial charge >= 0.3 is 0 Å². The molecule has 0 heterocycles. The Hall–Kier alpha value is -2.36. The molecule has 4 heteroatoms. The summed E-state index contributed by atoms with van der Waals surface area (Å²) in [6.07, 6.45) is 9.90. The first kappa shape index (κ1) is 16.8. The number of phenolic OH excluding ortho intramolecular Hbond substituents is 1. The number of benzene rings is 2. The van der Waals surface area contributed by atoms with Crippen LogP contribution in [0.25, 0.3) is 10.8 Å². The molecule has 6 rings (SSSR count). The van der Waals surface area contributed by atoms with E-state index in [2.05, 4.69) is 10.5 Å². The Labute approximate surface area is 159 Å². The van der Waals surface area contributed by atoms with Gasteiger partial charge in [-0.2, -0.15) is 5.10 Å². The van der Waals surface area contributed by atoms with Crippen molar-refractivity contribution >= 4 is 22.9 Å². The highest BCUT2D eigenvalue weighted by Crippen LogP contribution is 2.57. The van der Waals surface area contributed by atoms with Crippen LogP contribution in [0, 0.1) is 23.2 Å². The standard InChI is InChI=1S/C23H26N2O2/c26-21-8-7-18-3-1-2-4-19(18)20(21)14-24-25-22(27)23-11-15-5-6-16(12-23)10-17(9-15)13-23/h1-4,7-8,14-17,26H,5-6,9-13H2,(H,25,27)/b24-14+/t15-,16-,17?,23?/m0/s1. The number of nitrogens with zero attached hydrogens (tertiary/aromatic N) is 1. The average Bonchev–Trinajstić information content (AvgIpc) is 2.89. The Morgan fingerprint density at radius 1 is 1.04 bits per heavy atom. The summed E-state index contributed by atoms with van der Waals surface area (Å²) < 4.78 is 0. The molecule has 1 amide bonds. The van der Waals surface area contributed by atoms with Crippen molar-refractivity contribution in [2.24, 2.45) is 28.3 Å². The van der Waals surface area contributed by atoms with Crippen molar-refractivity contribution in [2.75, 3.05) is 0 Å². The summed E-state index contributed by atoms with van der Waals surface area (Å²) in [6, 6.07) is 11.4. The summed E-state index contributed by atoms with van der Waals surface area (Å²) in [5, 5.41) is 16.5. The van der Waals surface area contributed by atoms with Gasteiger partial charge in [0.15, 0.2) is 0 Å². The number of carbonyl (C=O) groups is 1. The van der Waals surface area contributed by atoms with E-state index in [9.17, 15) is 9.90 Å². The lowest BCUT2D eigenvalue weighted by Gasteiger charge is -2.46. The van der Waals surface area contributed by atoms with Crippen molar-refractivity contribution in [3.05, 3.63) is 42.0 Å². The highest BCUT2D eigenvalue weighted by Gasteiger charge is 2.52. The Kier molecular flexibility index (Phi) is 3.96. The first-order valence-electron chi connectivity index (χ1n) is 10.2. The quantitative estimate of drug-likeness (QED) is 0.619. The number of carbonyl (C=O) groups excluding carboxylic acids is 1. The predicted molar refractivity (Wildman–Crippen MR) is 107 cm³/mol. The molecule has 4 aliphatic rings. The first-order chi connectivity index (χ1) is 13.1. The molecule has 2 atom stereocenters. The minimum Gasteiger partial charge on any atom is -0.507 e. The van der Waals surface area contributed by atoms with Gasteiger partial charge in [-0.3, -0.25) is 4.79 Å². The monoisotopic (exact) mass is 362 g/mol. The largest absolute Gasteiger partial charge is 0.507 e. The molecule has 27 heavy (non-hydrogen) atoms. The average molecular weight is 362 g/mol. The predicted octanol–water partition coefficient (Wildman–Crippen LogP) is 4.60. The number of phenols is 1. The van der Waals surface area contributed by atoms with Crippen LogP contribution in [0.2, 0.25) is 0 Å². The van der Waals surface area contributed by atoms with E-state index in [1.807, 2.05) is 30.3 Å². The lowest BCUT2D eigenvalue weighted by atomic mass is 9.58. The molecule has 2 aromatic carbocycles. The van der Waals surface area contributed by atoms with E-state index in [0.29, 0.717) is 17.4 Å². The maximum atomic E-state index is 13.1. The van der Waals surface area contributed by atoms with Gasteiger partial charge in [-0.05, 0) is 66.7 Å². The van der Waals surface area contributed by atoms with Crippen molar-refractivity contribution in [3.8, 4) is 5.75 Å². The molecule has 2 aromatic rings. The van der Waals surface area contributed by atoms with Gasteiger partial charge in [-0.1, -0.05) is 43.2 Å². The maximum Gasteiger partial charge on any atom is 0.246 e. The zero-order valence-electron chi connectivity index (χ0n) is 15.5. The third-order valence-corrected chi connectivity index (χ3v) is 7.14. The summed E-state index contributed by atoms with van der Waals surface area (Å²) in [7, 11) is 0. The van der Waals surface area contributed by atoms with Gasteiger partial charge in [0.2, 0.25) is 5.91 Å². The lowest BCUT2D eigenvalue weighted by Crippen LogP contribution is -2.47. The highest BCUT2D eigenvalue weighted by atomic mass is 16.3. The molecule has 2 N–H and O–H groups in total. The normalized spacial score (nSPS) is 32.1. The van der Waals surface area contributed by atoms with Crippen LogP contribution in [0.15, 0.2) is 41.5 Å². The molecule has 0 aliphatic heterocycles. The molecule has 4 aliphatic carbocycles. The Morgan fingerprint density at radius 2 is 1.74 bits per heavy atom. The fourth-order valence-electron chi connectivity index (χ4n) is 6.16. The third-order valence-electron chi connectivity index (χ3n) is 7.14. The second-order valence-corrected chi connectivity index (χ2v) is 8.96. The number of fused-ring (bicyclic) bond motifs is 2. The van der Waals surface area contributed by atoms with Crippen molar-refractivity contribution in [3.63, 3.8) is 0 Å². The van der Waals surface area contributed by atoms with Crippen LogP contribution >= 0.6 is 0 Å². The van der Waals surface area contributed by atoms with Crippen LogP contribution in [0.5, 0.6) is 5.75 Å². The summed E-state index contributed by atoms with van der Waals surface area (Å²) in [4.78, 5) is 13.1. The highest BCUT2D eigenvalue weighted by molar-refractivity contribution is 6.02. The van der Waals surface area contributed by atoms with E-state index in [1.165, 1.54) is 25.7 Å². The van der Waals surface area contributed by atoms with Crippen LogP contribution in [0.3, 0.4) is 0 Å². The molecular formula is C23H26N2O2. The maximum absolute atomic E-state index is 13.1. The van der Waals surface area contributed by atoms with E-state index in [4.69, 9.17) is 0 Å². The van der Waals surface area contributed by atoms with Gasteiger partial charge in [0.05, 0.1) is 11.6 Å². The first-order valence-corrected chi connectivity index (χ1v) is 10.2. The van der Waals surface area contributed by atoms with Gasteiger partial charge in [0, 0.05) is 5.56 Å². The zero-order valence-corrected chi connectivity index (χ0v) is 15.5. The van der Waals surface area contributed by atoms with Crippen LogP contribution in [0.4, 0.5) is 0 Å². The second-order valence-electron chi connectivity index (χ2n) is 8.96. The minimum atomic E-state index is -0.217. The van der Waals surface area contributed by atoms with Gasteiger partial charge in [-0.25, -0.2) is 5.43 Å². The van der Waals surface area contributed by atoms with Gasteiger partial charge in [0.25, 0.3) is 0 Å². The summed E-state index contributed by atoms with van der Waals surface area (Å²) in [5.74, 6) is 2.42. The number of nitrogens with one attached hydrogen (secondary N) is 1. The van der Waals surface area contributed by atoms with Gasteiger partial charge < -0.3 is 5.11 Å². The molecule has 0 aromatic heterocycles. The van der Waals surface area contributed by atoms with Crippen molar-refractivity contribution in [1.82, 2.24) is 5.43 Å². The molecule has 0 saturated heterocycles. The van der Waals surface area contributed by atoms with Crippen LogP contribution in [-0.2, 0) is 4.79 Å². The molecule has 4 nitrogen and oxygen atoms in total. The van der Waals surface area contributed by atoms with Crippen LogP contribution in [0.1, 0.15) is 50.5 Å². The van der Waals surface area contributed by atoms with E-state index < -0.39 is 0 Å². The Morgan fingerprint density at radius 3 is 2.52 bits per heavy atom. The molecule has 140 valence electrons. The van der Waals surface area contributed by atoms with Crippen molar-refractivity contribution < 1.29 is 9.90 Å². The Bertz CT molecular complexity index is 904. The number of rotatable bonds is 3. The molecule has 0 spiro atoms. The number of aromatic hydroxyl groups is 1. The smallest absolute Gasteiger partial charge is 0.246 e. The number of hydrazone groups is 1. The molecule has 4 saturated carbocycles. The molecule has 0 radical (unpaired) electrons. The van der Waals surface area contributed by atoms with Crippen molar-refractivity contribution in [1.29, 1.82) is 0 Å². The Balaban J connectivity index is 1.38. The fourth-order valence-corrected chi connectivity index (χ4v) is 6.16. The van der Waals surface area contributed by atoms with E-state index >= 15 is 0 Å². The van der Waals surface area contributed by atoms with E-state index in [0.717, 1.165) is 36.0 Å². The summed E-state index contributed by atoms with van der Waals surface area (Å²) in [6.45, 7) is 0. The fraction of sp³-hybridized carbons (Fsp3) is 0.478. The van der Waals surface area contributed by atoms with Gasteiger partial charge in [-0.15, -0.1) is 0 Å². The molecule has 4 bridgehead atoms. The second kappa shape index (κ2) is 6.36. The number of amides is 1. The molecular weight excluding hydrogens is 336 g/mol. The zero-order chi connectivity index (χ0) is 18.4. The lowest BCUT2D eigenvalue weighted by molar-refractivity contribution is -0.138. The number of hydrogen-bond acceptors (Lipinski definition) is 3. The van der Waals surface area contributed by atoms with E-state index in [1.54, 1.807) is 12.3 Å². The van der Waals surface area contributed by atoms with Gasteiger partial charge in [0.1, 0.15) is 5.75 Å². The molecule has 0 unspecified atom stereocenters. The SMILES string of the molecule is O=C(N/N=C/c1c(O)ccc2ccccc12)C12CC3C[C@H](CC[C@@H](C3)C1)C2. The van der Waals surface area contributed by atoms with Crippen LogP contribution in [-0.4, -0.2) is 17.2 Å².